The minimum atomic E-state index is -3.41. The van der Waals surface area contributed by atoms with Crippen molar-refractivity contribution in [2.24, 2.45) is 0 Å². The second-order valence-corrected chi connectivity index (χ2v) is 8.68. The molecule has 0 saturated carbocycles. The Labute approximate surface area is 193 Å². The highest BCUT2D eigenvalue weighted by Gasteiger charge is 2.39. The highest BCUT2D eigenvalue weighted by molar-refractivity contribution is 8.13. The van der Waals surface area contributed by atoms with E-state index in [-0.39, 0.29) is 16.8 Å². The van der Waals surface area contributed by atoms with Crippen molar-refractivity contribution in [2.45, 2.75) is 30.9 Å². The Morgan fingerprint density at radius 3 is 2.67 bits per heavy atom. The van der Waals surface area contributed by atoms with Crippen molar-refractivity contribution in [1.82, 2.24) is 25.5 Å². The fraction of sp³-hybridized carbons (Fsp3) is 0.304. The van der Waals surface area contributed by atoms with Gasteiger partial charge in [-0.15, -0.1) is 5.10 Å². The zero-order chi connectivity index (χ0) is 23.3. The number of halogens is 2. The standard InChI is InChI=1S/C23H23F2N5O2S/c24-23(25,18-6-2-1-3-7-18)20(31)13-12-19-15-33-22(32)30(19)14-4-5-16-8-10-17(11-9-16)21-26-28-29-27-21/h1-3,6-13,19-20,31H,4-5,14-15H2,(H,26,27,28,29). The van der Waals surface area contributed by atoms with E-state index in [0.29, 0.717) is 18.1 Å². The number of aryl methyl sites for hydroxylation is 1. The molecule has 1 aromatic heterocycles. The van der Waals surface area contributed by atoms with Crippen molar-refractivity contribution in [2.75, 3.05) is 12.3 Å². The zero-order valence-electron chi connectivity index (χ0n) is 17.6. The molecule has 172 valence electrons. The van der Waals surface area contributed by atoms with Gasteiger partial charge in [0.2, 0.25) is 0 Å². The molecule has 0 bridgehead atoms. The number of carbonyl (C=O) groups is 1. The molecule has 2 unspecified atom stereocenters. The topological polar surface area (TPSA) is 95.0 Å². The molecule has 0 aliphatic carbocycles. The highest BCUT2D eigenvalue weighted by Crippen LogP contribution is 2.33. The molecule has 2 atom stereocenters. The molecule has 2 N–H and O–H groups in total. The SMILES string of the molecule is O=C1SCC(C=CC(O)C(F)(F)c2ccccc2)N1CCCc1ccc(-c2nnn[nH]2)cc1. The third kappa shape index (κ3) is 5.45. The van der Waals surface area contributed by atoms with Crippen LogP contribution in [0.1, 0.15) is 17.5 Å². The molecule has 0 radical (unpaired) electrons. The molecule has 2 aromatic carbocycles. The van der Waals surface area contributed by atoms with Crippen LogP contribution in [0.2, 0.25) is 0 Å². The van der Waals surface area contributed by atoms with Crippen molar-refractivity contribution in [3.63, 3.8) is 0 Å². The van der Waals surface area contributed by atoms with Crippen LogP contribution in [0.5, 0.6) is 0 Å². The Kier molecular flexibility index (Phi) is 7.14. The predicted octanol–water partition coefficient (Wildman–Crippen LogP) is 4.05. The van der Waals surface area contributed by atoms with Crippen molar-refractivity contribution < 1.29 is 18.7 Å². The highest BCUT2D eigenvalue weighted by atomic mass is 32.2. The number of hydrogen-bond donors (Lipinski definition) is 2. The van der Waals surface area contributed by atoms with Crippen molar-refractivity contribution in [3.05, 3.63) is 77.9 Å². The third-order valence-electron chi connectivity index (χ3n) is 5.50. The minimum absolute atomic E-state index is 0.0814. The van der Waals surface area contributed by atoms with Crippen molar-refractivity contribution >= 4 is 17.0 Å². The van der Waals surface area contributed by atoms with E-state index in [9.17, 15) is 18.7 Å². The van der Waals surface area contributed by atoms with Gasteiger partial charge in [0, 0.05) is 23.4 Å². The Hall–Kier alpha value is -3.11. The van der Waals surface area contributed by atoms with Gasteiger partial charge in [-0.25, -0.2) is 5.10 Å². The average molecular weight is 472 g/mol. The van der Waals surface area contributed by atoms with Crippen LogP contribution < -0.4 is 0 Å². The number of H-pyrrole nitrogens is 1. The van der Waals surface area contributed by atoms with Crippen LogP contribution in [0.15, 0.2) is 66.7 Å². The summed E-state index contributed by atoms with van der Waals surface area (Å²) in [4.78, 5) is 14.0. The van der Waals surface area contributed by atoms with E-state index in [4.69, 9.17) is 0 Å². The molecule has 1 fully saturated rings. The summed E-state index contributed by atoms with van der Waals surface area (Å²) >= 11 is 1.16. The quantitative estimate of drug-likeness (QED) is 0.458. The number of aliphatic hydroxyl groups excluding tert-OH is 1. The van der Waals surface area contributed by atoms with E-state index in [1.54, 1.807) is 11.0 Å². The van der Waals surface area contributed by atoms with E-state index in [1.807, 2.05) is 24.3 Å². The van der Waals surface area contributed by atoms with Crippen LogP contribution in [-0.2, 0) is 12.3 Å². The van der Waals surface area contributed by atoms with E-state index in [2.05, 4.69) is 20.6 Å². The first-order valence-electron chi connectivity index (χ1n) is 10.5. The lowest BCUT2D eigenvalue weighted by molar-refractivity contribution is -0.0929. The first-order chi connectivity index (χ1) is 15.9. The number of aliphatic hydroxyl groups is 1. The lowest BCUT2D eigenvalue weighted by atomic mass is 10.0. The molecule has 33 heavy (non-hydrogen) atoms. The summed E-state index contributed by atoms with van der Waals surface area (Å²) in [6.07, 6.45) is 2.12. The Morgan fingerprint density at radius 1 is 1.21 bits per heavy atom. The number of hydrogen-bond acceptors (Lipinski definition) is 6. The van der Waals surface area contributed by atoms with Crippen LogP contribution >= 0.6 is 11.8 Å². The van der Waals surface area contributed by atoms with E-state index < -0.39 is 12.0 Å². The predicted molar refractivity (Wildman–Crippen MR) is 122 cm³/mol. The number of tetrazole rings is 1. The Morgan fingerprint density at radius 2 is 1.97 bits per heavy atom. The van der Waals surface area contributed by atoms with E-state index in [0.717, 1.165) is 41.8 Å². The van der Waals surface area contributed by atoms with Crippen LogP contribution in [-0.4, -0.2) is 60.3 Å². The van der Waals surface area contributed by atoms with Gasteiger partial charge >= 0.3 is 5.92 Å². The molecule has 1 aliphatic rings. The van der Waals surface area contributed by atoms with Crippen molar-refractivity contribution in [1.29, 1.82) is 0 Å². The van der Waals surface area contributed by atoms with Gasteiger partial charge in [-0.2, -0.15) is 8.78 Å². The third-order valence-corrected chi connectivity index (χ3v) is 6.48. The molecule has 1 aliphatic heterocycles. The van der Waals surface area contributed by atoms with E-state index in [1.165, 1.54) is 30.3 Å². The number of thioether (sulfide) groups is 1. The molecule has 10 heteroatoms. The van der Waals surface area contributed by atoms with Crippen molar-refractivity contribution in [3.8, 4) is 11.4 Å². The van der Waals surface area contributed by atoms with Gasteiger partial charge in [0.1, 0.15) is 6.10 Å². The van der Waals surface area contributed by atoms with Crippen LogP contribution in [0, 0.1) is 0 Å². The maximum Gasteiger partial charge on any atom is 0.302 e. The molecule has 2 heterocycles. The summed E-state index contributed by atoms with van der Waals surface area (Å²) in [6, 6.07) is 14.7. The second-order valence-electron chi connectivity index (χ2n) is 7.71. The Bertz CT molecular complexity index is 1080. The van der Waals surface area contributed by atoms with Gasteiger partial charge in [0.25, 0.3) is 5.24 Å². The number of nitrogens with zero attached hydrogens (tertiary/aromatic N) is 4. The largest absolute Gasteiger partial charge is 0.382 e. The zero-order valence-corrected chi connectivity index (χ0v) is 18.5. The first-order valence-corrected chi connectivity index (χ1v) is 11.5. The van der Waals surface area contributed by atoms with Crippen LogP contribution in [0.3, 0.4) is 0 Å². The number of rotatable bonds is 9. The van der Waals surface area contributed by atoms with Gasteiger partial charge in [-0.05, 0) is 28.8 Å². The maximum absolute atomic E-state index is 14.5. The number of aromatic nitrogens is 4. The number of carbonyl (C=O) groups excluding carboxylic acids is 1. The number of aromatic amines is 1. The summed E-state index contributed by atoms with van der Waals surface area (Å²) in [6.45, 7) is 0.500. The first kappa shape index (κ1) is 23.1. The summed E-state index contributed by atoms with van der Waals surface area (Å²) in [5.74, 6) is -2.35. The number of nitrogens with one attached hydrogen (secondary N) is 1. The Balaban J connectivity index is 1.32. The monoisotopic (exact) mass is 471 g/mol. The summed E-state index contributed by atoms with van der Waals surface area (Å²) in [5.41, 5.74) is 1.74. The number of benzene rings is 2. The average Bonchev–Trinajstić information content (AvgIpc) is 3.49. The molecular formula is C23H23F2N5O2S. The molecule has 4 rings (SSSR count). The minimum Gasteiger partial charge on any atom is -0.382 e. The van der Waals surface area contributed by atoms with E-state index >= 15 is 0 Å². The van der Waals surface area contributed by atoms with Crippen LogP contribution in [0.4, 0.5) is 13.6 Å². The number of amides is 1. The molecular weight excluding hydrogens is 448 g/mol. The fourth-order valence-electron chi connectivity index (χ4n) is 3.63. The molecule has 1 amide bonds. The molecule has 0 spiro atoms. The molecule has 3 aromatic rings. The smallest absolute Gasteiger partial charge is 0.302 e. The molecule has 1 saturated heterocycles. The normalized spacial score (nSPS) is 17.7. The van der Waals surface area contributed by atoms with Gasteiger partial charge in [-0.1, -0.05) is 78.5 Å². The van der Waals surface area contributed by atoms with Gasteiger partial charge in [0.05, 0.1) is 6.04 Å². The second kappa shape index (κ2) is 10.2. The maximum atomic E-state index is 14.5. The van der Waals surface area contributed by atoms with Gasteiger partial charge in [-0.3, -0.25) is 4.79 Å². The lowest BCUT2D eigenvalue weighted by Crippen LogP contribution is -2.34. The summed E-state index contributed by atoms with van der Waals surface area (Å²) in [7, 11) is 0. The lowest BCUT2D eigenvalue weighted by Gasteiger charge is -2.23. The van der Waals surface area contributed by atoms with Gasteiger partial charge < -0.3 is 10.0 Å². The molecule has 7 nitrogen and oxygen atoms in total. The van der Waals surface area contributed by atoms with Crippen LogP contribution in [0.25, 0.3) is 11.4 Å². The fourth-order valence-corrected chi connectivity index (χ4v) is 4.63. The summed E-state index contributed by atoms with van der Waals surface area (Å²) in [5, 5.41) is 23.7. The summed E-state index contributed by atoms with van der Waals surface area (Å²) < 4.78 is 29.0. The number of alkyl halides is 2. The van der Waals surface area contributed by atoms with Gasteiger partial charge in [0.15, 0.2) is 5.82 Å².